The van der Waals surface area contributed by atoms with Gasteiger partial charge in [-0.15, -0.1) is 5.10 Å². The van der Waals surface area contributed by atoms with Gasteiger partial charge in [-0.25, -0.2) is 0 Å². The predicted octanol–water partition coefficient (Wildman–Crippen LogP) is 1.66. The predicted molar refractivity (Wildman–Crippen MR) is 74.1 cm³/mol. The molecule has 1 aliphatic heterocycles. The van der Waals surface area contributed by atoms with Crippen LogP contribution in [0.1, 0.15) is 19.8 Å². The summed E-state index contributed by atoms with van der Waals surface area (Å²) in [6.07, 6.45) is 4.05. The zero-order valence-electron chi connectivity index (χ0n) is 10.6. The smallest absolute Gasteiger partial charge is 0.194 e. The second-order valence-corrected chi connectivity index (χ2v) is 5.87. The SMILES string of the molecule is C[C@H]1C[C@@H](N(C)c2nc3nnccc3s2)CCN1. The summed E-state index contributed by atoms with van der Waals surface area (Å²) in [5.41, 5.74) is 0.756. The van der Waals surface area contributed by atoms with Gasteiger partial charge in [-0.05, 0) is 32.4 Å². The van der Waals surface area contributed by atoms with Crippen molar-refractivity contribution in [3.63, 3.8) is 0 Å². The van der Waals surface area contributed by atoms with E-state index in [-0.39, 0.29) is 0 Å². The van der Waals surface area contributed by atoms with Crippen LogP contribution in [0, 0.1) is 0 Å². The molecule has 0 saturated carbocycles. The molecular formula is C12H17N5S. The largest absolute Gasteiger partial charge is 0.348 e. The van der Waals surface area contributed by atoms with Crippen LogP contribution in [0.5, 0.6) is 0 Å². The van der Waals surface area contributed by atoms with Crippen LogP contribution in [0.4, 0.5) is 5.13 Å². The Bertz CT molecular complexity index is 507. The third-order valence-electron chi connectivity index (χ3n) is 3.51. The van der Waals surface area contributed by atoms with Gasteiger partial charge >= 0.3 is 0 Å². The van der Waals surface area contributed by atoms with Gasteiger partial charge in [0.15, 0.2) is 10.8 Å². The summed E-state index contributed by atoms with van der Waals surface area (Å²) in [7, 11) is 2.13. The van der Waals surface area contributed by atoms with Gasteiger partial charge in [-0.2, -0.15) is 10.1 Å². The molecule has 2 aromatic rings. The van der Waals surface area contributed by atoms with Gasteiger partial charge in [-0.1, -0.05) is 11.3 Å². The van der Waals surface area contributed by atoms with E-state index in [0.29, 0.717) is 12.1 Å². The molecular weight excluding hydrogens is 246 g/mol. The molecule has 1 aliphatic rings. The number of piperidine rings is 1. The molecule has 5 nitrogen and oxygen atoms in total. The fraction of sp³-hybridized carbons (Fsp3) is 0.583. The molecule has 0 aromatic carbocycles. The van der Waals surface area contributed by atoms with Crippen LogP contribution in [0.2, 0.25) is 0 Å². The molecule has 0 aliphatic carbocycles. The van der Waals surface area contributed by atoms with Crippen molar-refractivity contribution in [1.29, 1.82) is 0 Å². The maximum absolute atomic E-state index is 4.56. The van der Waals surface area contributed by atoms with E-state index in [1.165, 1.54) is 6.42 Å². The third kappa shape index (κ3) is 2.18. The van der Waals surface area contributed by atoms with Crippen molar-refractivity contribution in [2.45, 2.75) is 31.8 Å². The monoisotopic (exact) mass is 263 g/mol. The Morgan fingerprint density at radius 2 is 2.39 bits per heavy atom. The third-order valence-corrected chi connectivity index (χ3v) is 4.61. The second kappa shape index (κ2) is 4.78. The molecule has 0 bridgehead atoms. The minimum atomic E-state index is 0.565. The van der Waals surface area contributed by atoms with Crippen LogP contribution in [-0.2, 0) is 0 Å². The zero-order valence-corrected chi connectivity index (χ0v) is 11.4. The first-order chi connectivity index (χ1) is 8.74. The molecule has 0 unspecified atom stereocenters. The topological polar surface area (TPSA) is 53.9 Å². The summed E-state index contributed by atoms with van der Waals surface area (Å²) in [5.74, 6) is 0. The summed E-state index contributed by atoms with van der Waals surface area (Å²) < 4.78 is 1.11. The quantitative estimate of drug-likeness (QED) is 0.893. The van der Waals surface area contributed by atoms with Gasteiger partial charge in [0.2, 0.25) is 0 Å². The highest BCUT2D eigenvalue weighted by Gasteiger charge is 2.24. The lowest BCUT2D eigenvalue weighted by atomic mass is 10.00. The van der Waals surface area contributed by atoms with Crippen LogP contribution >= 0.6 is 11.3 Å². The Balaban J connectivity index is 1.84. The lowest BCUT2D eigenvalue weighted by Gasteiger charge is -2.34. The highest BCUT2D eigenvalue weighted by atomic mass is 32.1. The normalized spacial score (nSPS) is 24.3. The first-order valence-electron chi connectivity index (χ1n) is 6.28. The number of nitrogens with one attached hydrogen (secondary N) is 1. The lowest BCUT2D eigenvalue weighted by Crippen LogP contribution is -2.45. The minimum Gasteiger partial charge on any atom is -0.348 e. The number of thiazole rings is 1. The summed E-state index contributed by atoms with van der Waals surface area (Å²) in [6.45, 7) is 3.32. The number of fused-ring (bicyclic) bond motifs is 1. The van der Waals surface area contributed by atoms with Gasteiger partial charge in [-0.3, -0.25) is 0 Å². The highest BCUT2D eigenvalue weighted by molar-refractivity contribution is 7.22. The van der Waals surface area contributed by atoms with E-state index in [4.69, 9.17) is 0 Å². The summed E-state index contributed by atoms with van der Waals surface area (Å²) in [5, 5.41) is 12.5. The van der Waals surface area contributed by atoms with Gasteiger partial charge in [0.05, 0.1) is 10.9 Å². The van der Waals surface area contributed by atoms with Crippen LogP contribution in [0.15, 0.2) is 12.3 Å². The van der Waals surface area contributed by atoms with Crippen LogP contribution < -0.4 is 10.2 Å². The molecule has 6 heteroatoms. The fourth-order valence-electron chi connectivity index (χ4n) is 2.45. The summed E-state index contributed by atoms with van der Waals surface area (Å²) in [6, 6.07) is 3.12. The van der Waals surface area contributed by atoms with E-state index >= 15 is 0 Å². The van der Waals surface area contributed by atoms with Crippen molar-refractivity contribution >= 4 is 26.8 Å². The van der Waals surface area contributed by atoms with Crippen LogP contribution in [0.3, 0.4) is 0 Å². The van der Waals surface area contributed by atoms with Crippen molar-refractivity contribution in [3.05, 3.63) is 12.3 Å². The standard InChI is InChI=1S/C12H17N5S/c1-8-7-9(3-5-13-8)17(2)12-15-11-10(18-12)4-6-14-16-11/h4,6,8-9,13H,3,5,7H2,1-2H3/t8-,9-/m0/s1. The summed E-state index contributed by atoms with van der Waals surface area (Å²) >= 11 is 1.69. The molecule has 3 rings (SSSR count). The molecule has 96 valence electrons. The number of hydrogen-bond donors (Lipinski definition) is 1. The summed E-state index contributed by atoms with van der Waals surface area (Å²) in [4.78, 5) is 6.86. The zero-order chi connectivity index (χ0) is 12.5. The van der Waals surface area contributed by atoms with Crippen LogP contribution in [-0.4, -0.2) is 40.9 Å². The number of aromatic nitrogens is 3. The molecule has 0 amide bonds. The fourth-order valence-corrected chi connectivity index (χ4v) is 3.37. The first-order valence-corrected chi connectivity index (χ1v) is 7.10. The molecule has 3 heterocycles. The van der Waals surface area contributed by atoms with Crippen molar-refractivity contribution in [3.8, 4) is 0 Å². The van der Waals surface area contributed by atoms with E-state index in [1.54, 1.807) is 17.5 Å². The van der Waals surface area contributed by atoms with E-state index in [0.717, 1.165) is 28.4 Å². The Morgan fingerprint density at radius 3 is 3.17 bits per heavy atom. The van der Waals surface area contributed by atoms with Crippen LogP contribution in [0.25, 0.3) is 10.3 Å². The molecule has 0 radical (unpaired) electrons. The molecule has 1 saturated heterocycles. The minimum absolute atomic E-state index is 0.565. The number of nitrogens with zero attached hydrogens (tertiary/aromatic N) is 4. The van der Waals surface area contributed by atoms with Gasteiger partial charge in [0.25, 0.3) is 0 Å². The lowest BCUT2D eigenvalue weighted by molar-refractivity contribution is 0.371. The molecule has 1 N–H and O–H groups in total. The first kappa shape index (κ1) is 11.8. The van der Waals surface area contributed by atoms with Gasteiger partial charge < -0.3 is 10.2 Å². The van der Waals surface area contributed by atoms with Crippen molar-refractivity contribution < 1.29 is 0 Å². The van der Waals surface area contributed by atoms with E-state index in [2.05, 4.69) is 39.4 Å². The molecule has 1 fully saturated rings. The molecule has 0 spiro atoms. The maximum Gasteiger partial charge on any atom is 0.194 e. The van der Waals surface area contributed by atoms with E-state index < -0.39 is 0 Å². The number of anilines is 1. The Morgan fingerprint density at radius 1 is 1.50 bits per heavy atom. The average molecular weight is 263 g/mol. The molecule has 18 heavy (non-hydrogen) atoms. The molecule has 2 atom stereocenters. The highest BCUT2D eigenvalue weighted by Crippen LogP contribution is 2.29. The number of rotatable bonds is 2. The molecule has 2 aromatic heterocycles. The average Bonchev–Trinajstić information content (AvgIpc) is 2.81. The van der Waals surface area contributed by atoms with Gasteiger partial charge in [0.1, 0.15) is 0 Å². The Kier molecular flexibility index (Phi) is 3.13. The maximum atomic E-state index is 4.56. The number of hydrogen-bond acceptors (Lipinski definition) is 6. The van der Waals surface area contributed by atoms with Crippen molar-refractivity contribution in [2.24, 2.45) is 0 Å². The van der Waals surface area contributed by atoms with Crippen molar-refractivity contribution in [1.82, 2.24) is 20.5 Å². The van der Waals surface area contributed by atoms with E-state index in [1.807, 2.05) is 6.07 Å². The Hall–Kier alpha value is -1.27. The second-order valence-electron chi connectivity index (χ2n) is 4.86. The van der Waals surface area contributed by atoms with E-state index in [9.17, 15) is 0 Å². The Labute approximate surface area is 110 Å². The van der Waals surface area contributed by atoms with Gasteiger partial charge in [0, 0.05) is 19.1 Å². The van der Waals surface area contributed by atoms with Crippen molar-refractivity contribution in [2.75, 3.05) is 18.5 Å².